The number of carboxylic acids is 1. The molecular formula is C14H19N5O3. The molecule has 0 fully saturated rings. The maximum absolute atomic E-state index is 12.0. The normalized spacial score (nSPS) is 10.6. The number of carbonyl (C=O) groups is 2. The van der Waals surface area contributed by atoms with E-state index in [9.17, 15) is 9.59 Å². The number of carbonyl (C=O) groups excluding carboxylic acids is 1. The van der Waals surface area contributed by atoms with Gasteiger partial charge in [0.1, 0.15) is 0 Å². The molecule has 8 heteroatoms. The Labute approximate surface area is 127 Å². The Morgan fingerprint density at radius 1 is 1.32 bits per heavy atom. The van der Waals surface area contributed by atoms with Crippen LogP contribution in [-0.4, -0.2) is 36.5 Å². The lowest BCUT2D eigenvalue weighted by molar-refractivity contribution is -0.137. The van der Waals surface area contributed by atoms with Gasteiger partial charge in [0.25, 0.3) is 5.91 Å². The minimum atomic E-state index is -0.898. The summed E-state index contributed by atoms with van der Waals surface area (Å²) in [5.41, 5.74) is 2.26. The fourth-order valence-electron chi connectivity index (χ4n) is 1.99. The monoisotopic (exact) mass is 305 g/mol. The molecule has 0 aliphatic rings. The zero-order chi connectivity index (χ0) is 16.1. The van der Waals surface area contributed by atoms with Crippen molar-refractivity contribution in [2.45, 2.75) is 39.9 Å². The number of hydrogen-bond acceptors (Lipinski definition) is 4. The molecule has 0 spiro atoms. The zero-order valence-corrected chi connectivity index (χ0v) is 12.6. The number of aryl methyl sites for hydroxylation is 3. The van der Waals surface area contributed by atoms with Gasteiger partial charge in [0.2, 0.25) is 0 Å². The second kappa shape index (κ2) is 6.88. The van der Waals surface area contributed by atoms with Crippen molar-refractivity contribution in [3.8, 4) is 0 Å². The molecule has 1 amide bonds. The summed E-state index contributed by atoms with van der Waals surface area (Å²) >= 11 is 0. The van der Waals surface area contributed by atoms with E-state index in [1.807, 2.05) is 24.7 Å². The van der Waals surface area contributed by atoms with Gasteiger partial charge in [-0.25, -0.2) is 0 Å². The van der Waals surface area contributed by atoms with E-state index >= 15 is 0 Å². The molecule has 22 heavy (non-hydrogen) atoms. The number of nitrogens with zero attached hydrogens (tertiary/aromatic N) is 4. The Balaban J connectivity index is 1.91. The third kappa shape index (κ3) is 3.94. The van der Waals surface area contributed by atoms with Gasteiger partial charge >= 0.3 is 5.97 Å². The number of amides is 1. The fraction of sp³-hybridized carbons (Fsp3) is 0.429. The number of rotatable bonds is 7. The quantitative estimate of drug-likeness (QED) is 0.788. The molecule has 0 saturated carbocycles. The number of aromatic nitrogens is 4. The summed E-state index contributed by atoms with van der Waals surface area (Å²) in [5, 5.41) is 19.7. The molecule has 0 aliphatic carbocycles. The third-order valence-electron chi connectivity index (χ3n) is 3.26. The van der Waals surface area contributed by atoms with Crippen molar-refractivity contribution in [3.05, 3.63) is 35.4 Å². The van der Waals surface area contributed by atoms with Crippen LogP contribution < -0.4 is 5.32 Å². The molecule has 2 rings (SSSR count). The Kier molecular flexibility index (Phi) is 4.92. The molecule has 2 heterocycles. The number of carboxylic acid groups (broad SMARTS) is 1. The van der Waals surface area contributed by atoms with Gasteiger partial charge in [0.05, 0.1) is 30.4 Å². The molecule has 0 unspecified atom stereocenters. The van der Waals surface area contributed by atoms with Crippen LogP contribution in [0.25, 0.3) is 0 Å². The minimum absolute atomic E-state index is 0.0296. The van der Waals surface area contributed by atoms with Gasteiger partial charge in [-0.1, -0.05) is 0 Å². The first-order valence-electron chi connectivity index (χ1n) is 7.05. The highest BCUT2D eigenvalue weighted by atomic mass is 16.4. The zero-order valence-electron chi connectivity index (χ0n) is 12.6. The van der Waals surface area contributed by atoms with E-state index in [-0.39, 0.29) is 18.9 Å². The van der Waals surface area contributed by atoms with Crippen LogP contribution in [-0.2, 0) is 24.4 Å². The number of hydrogen-bond donors (Lipinski definition) is 2. The average molecular weight is 305 g/mol. The molecule has 0 saturated heterocycles. The summed E-state index contributed by atoms with van der Waals surface area (Å²) in [5.74, 6) is -1.14. The molecule has 118 valence electrons. The van der Waals surface area contributed by atoms with E-state index in [2.05, 4.69) is 15.5 Å². The second-order valence-corrected chi connectivity index (χ2v) is 4.91. The fourth-order valence-corrected chi connectivity index (χ4v) is 1.99. The van der Waals surface area contributed by atoms with Gasteiger partial charge in [-0.3, -0.25) is 19.0 Å². The number of aliphatic carboxylic acids is 1. The Hall–Kier alpha value is -2.64. The highest BCUT2D eigenvalue weighted by Gasteiger charge is 2.11. The highest BCUT2D eigenvalue weighted by molar-refractivity contribution is 5.93. The number of nitrogens with one attached hydrogen (secondary N) is 1. The van der Waals surface area contributed by atoms with E-state index in [0.717, 1.165) is 17.8 Å². The van der Waals surface area contributed by atoms with Crippen LogP contribution >= 0.6 is 0 Å². The van der Waals surface area contributed by atoms with Crippen LogP contribution in [0.1, 0.15) is 35.0 Å². The molecule has 0 aromatic carbocycles. The van der Waals surface area contributed by atoms with Crippen LogP contribution in [0, 0.1) is 6.92 Å². The maximum Gasteiger partial charge on any atom is 0.305 e. The predicted molar refractivity (Wildman–Crippen MR) is 78.3 cm³/mol. The average Bonchev–Trinajstić information content (AvgIpc) is 3.09. The summed E-state index contributed by atoms with van der Waals surface area (Å²) in [4.78, 5) is 22.6. The molecule has 0 atom stereocenters. The van der Waals surface area contributed by atoms with Crippen molar-refractivity contribution in [1.29, 1.82) is 0 Å². The van der Waals surface area contributed by atoms with Crippen LogP contribution in [0.15, 0.2) is 18.6 Å². The topological polar surface area (TPSA) is 102 Å². The summed E-state index contributed by atoms with van der Waals surface area (Å²) in [7, 11) is 0. The lowest BCUT2D eigenvalue weighted by atomic mass is 10.2. The maximum atomic E-state index is 12.0. The molecule has 2 N–H and O–H groups in total. The lowest BCUT2D eigenvalue weighted by Gasteiger charge is -2.02. The van der Waals surface area contributed by atoms with E-state index in [0.29, 0.717) is 12.1 Å². The van der Waals surface area contributed by atoms with Crippen molar-refractivity contribution in [1.82, 2.24) is 24.9 Å². The van der Waals surface area contributed by atoms with Crippen molar-refractivity contribution < 1.29 is 14.7 Å². The molecule has 0 radical (unpaired) electrons. The molecule has 2 aromatic heterocycles. The van der Waals surface area contributed by atoms with Crippen molar-refractivity contribution >= 4 is 11.9 Å². The Morgan fingerprint density at radius 2 is 2.09 bits per heavy atom. The predicted octanol–water partition coefficient (Wildman–Crippen LogP) is 0.813. The second-order valence-electron chi connectivity index (χ2n) is 4.91. The minimum Gasteiger partial charge on any atom is -0.481 e. The first-order valence-corrected chi connectivity index (χ1v) is 7.05. The first kappa shape index (κ1) is 15.7. The van der Waals surface area contributed by atoms with Gasteiger partial charge in [0.15, 0.2) is 0 Å². The standard InChI is InChI=1S/C14H19N5O3/c1-3-18-8-11(10(2)17-18)6-15-14(22)12-7-16-19(9-12)5-4-13(20)21/h7-9H,3-6H2,1-2H3,(H,15,22)(H,20,21). The lowest BCUT2D eigenvalue weighted by Crippen LogP contribution is -2.22. The van der Waals surface area contributed by atoms with Gasteiger partial charge in [0, 0.05) is 31.0 Å². The molecule has 0 bridgehead atoms. The van der Waals surface area contributed by atoms with Crippen LogP contribution in [0.3, 0.4) is 0 Å². The Morgan fingerprint density at radius 3 is 2.73 bits per heavy atom. The van der Waals surface area contributed by atoms with Crippen LogP contribution in [0.5, 0.6) is 0 Å². The molecule has 8 nitrogen and oxygen atoms in total. The van der Waals surface area contributed by atoms with Gasteiger partial charge in [-0.2, -0.15) is 10.2 Å². The SMILES string of the molecule is CCn1cc(CNC(=O)c2cnn(CCC(=O)O)c2)c(C)n1. The Bertz CT molecular complexity index is 674. The smallest absolute Gasteiger partial charge is 0.305 e. The summed E-state index contributed by atoms with van der Waals surface area (Å²) in [6, 6.07) is 0. The van der Waals surface area contributed by atoms with Crippen molar-refractivity contribution in [3.63, 3.8) is 0 Å². The van der Waals surface area contributed by atoms with E-state index in [4.69, 9.17) is 5.11 Å². The van der Waals surface area contributed by atoms with Gasteiger partial charge in [-0.05, 0) is 13.8 Å². The summed E-state index contributed by atoms with van der Waals surface area (Å²) in [6.07, 6.45) is 4.85. The molecule has 2 aromatic rings. The van der Waals surface area contributed by atoms with E-state index in [1.54, 1.807) is 6.20 Å². The third-order valence-corrected chi connectivity index (χ3v) is 3.26. The van der Waals surface area contributed by atoms with Crippen LogP contribution in [0.2, 0.25) is 0 Å². The van der Waals surface area contributed by atoms with E-state index < -0.39 is 5.97 Å². The van der Waals surface area contributed by atoms with Crippen molar-refractivity contribution in [2.75, 3.05) is 0 Å². The highest BCUT2D eigenvalue weighted by Crippen LogP contribution is 2.06. The van der Waals surface area contributed by atoms with Gasteiger partial charge in [-0.15, -0.1) is 0 Å². The largest absolute Gasteiger partial charge is 0.481 e. The molecule has 0 aliphatic heterocycles. The molecular weight excluding hydrogens is 286 g/mol. The van der Waals surface area contributed by atoms with E-state index in [1.165, 1.54) is 10.9 Å². The summed E-state index contributed by atoms with van der Waals surface area (Å²) in [6.45, 7) is 5.32. The first-order chi connectivity index (χ1) is 10.5. The summed E-state index contributed by atoms with van der Waals surface area (Å²) < 4.78 is 3.27. The van der Waals surface area contributed by atoms with Crippen LogP contribution in [0.4, 0.5) is 0 Å². The van der Waals surface area contributed by atoms with Crippen molar-refractivity contribution in [2.24, 2.45) is 0 Å². The van der Waals surface area contributed by atoms with Gasteiger partial charge < -0.3 is 10.4 Å².